The summed E-state index contributed by atoms with van der Waals surface area (Å²) in [5.74, 6) is 1.21. The van der Waals surface area contributed by atoms with Crippen molar-refractivity contribution in [2.45, 2.75) is 33.0 Å². The molecule has 0 aliphatic carbocycles. The fraction of sp³-hybridized carbons (Fsp3) is 0.261. The smallest absolute Gasteiger partial charge is 0.272 e. The Balaban J connectivity index is 1.67. The maximum atomic E-state index is 12.5. The maximum Gasteiger partial charge on any atom is 0.272 e. The molecule has 0 saturated carbocycles. The van der Waals surface area contributed by atoms with Gasteiger partial charge in [-0.3, -0.25) is 4.79 Å². The van der Waals surface area contributed by atoms with Crippen LogP contribution in [0.4, 0.5) is 5.82 Å². The Morgan fingerprint density at radius 1 is 1.00 bits per heavy atom. The summed E-state index contributed by atoms with van der Waals surface area (Å²) in [5.41, 5.74) is 2.38. The number of anilines is 1. The third-order valence-corrected chi connectivity index (χ3v) is 4.63. The van der Waals surface area contributed by atoms with E-state index in [0.29, 0.717) is 6.54 Å². The molecule has 1 N–H and O–H groups in total. The molecule has 2 aromatic carbocycles. The molecule has 0 aliphatic rings. The van der Waals surface area contributed by atoms with E-state index in [1.165, 1.54) is 5.56 Å². The minimum absolute atomic E-state index is 0.245. The SMILES string of the molecule is COc1ccccc1CNC(=O)c1ccc(N(Cc2ccccc2)C(C)C)nn1. The van der Waals surface area contributed by atoms with Crippen molar-refractivity contribution in [3.8, 4) is 5.75 Å². The zero-order valence-electron chi connectivity index (χ0n) is 17.0. The standard InChI is InChI=1S/C23H26N4O2/c1-17(2)27(16-18-9-5-4-6-10-18)22-14-13-20(25-26-22)23(28)24-15-19-11-7-8-12-21(19)29-3/h4-14,17H,15-16H2,1-3H3,(H,24,28). The molecule has 6 nitrogen and oxygen atoms in total. The molecule has 1 aromatic heterocycles. The summed E-state index contributed by atoms with van der Waals surface area (Å²) < 4.78 is 5.31. The van der Waals surface area contributed by atoms with Gasteiger partial charge in [-0.1, -0.05) is 48.5 Å². The normalized spacial score (nSPS) is 10.6. The summed E-state index contributed by atoms with van der Waals surface area (Å²) in [6.45, 7) is 5.31. The van der Waals surface area contributed by atoms with Crippen LogP contribution in [-0.2, 0) is 13.1 Å². The Morgan fingerprint density at radius 3 is 2.38 bits per heavy atom. The van der Waals surface area contributed by atoms with E-state index in [9.17, 15) is 4.79 Å². The van der Waals surface area contributed by atoms with Gasteiger partial charge in [0.15, 0.2) is 11.5 Å². The number of hydrogen-bond acceptors (Lipinski definition) is 5. The molecule has 0 fully saturated rings. The van der Waals surface area contributed by atoms with E-state index in [1.54, 1.807) is 13.2 Å². The van der Waals surface area contributed by atoms with Crippen molar-refractivity contribution in [2.75, 3.05) is 12.0 Å². The second-order valence-corrected chi connectivity index (χ2v) is 6.98. The minimum Gasteiger partial charge on any atom is -0.496 e. The molecule has 0 aliphatic heterocycles. The molecule has 0 unspecified atom stereocenters. The van der Waals surface area contributed by atoms with Crippen LogP contribution in [0.2, 0.25) is 0 Å². The van der Waals surface area contributed by atoms with E-state index in [-0.39, 0.29) is 17.6 Å². The molecule has 1 amide bonds. The number of methoxy groups -OCH3 is 1. The average molecular weight is 390 g/mol. The molecule has 1 heterocycles. The number of hydrogen-bond donors (Lipinski definition) is 1. The first-order valence-corrected chi connectivity index (χ1v) is 9.63. The van der Waals surface area contributed by atoms with Crippen molar-refractivity contribution in [1.29, 1.82) is 0 Å². The molecule has 6 heteroatoms. The van der Waals surface area contributed by atoms with Crippen molar-refractivity contribution in [1.82, 2.24) is 15.5 Å². The quantitative estimate of drug-likeness (QED) is 0.633. The van der Waals surface area contributed by atoms with Crippen LogP contribution in [0.15, 0.2) is 66.7 Å². The largest absolute Gasteiger partial charge is 0.496 e. The first kappa shape index (κ1) is 20.3. The molecule has 3 aromatic rings. The van der Waals surface area contributed by atoms with E-state index >= 15 is 0 Å². The van der Waals surface area contributed by atoms with E-state index in [1.807, 2.05) is 48.5 Å². The first-order chi connectivity index (χ1) is 14.1. The Morgan fingerprint density at radius 2 is 1.72 bits per heavy atom. The van der Waals surface area contributed by atoms with Gasteiger partial charge in [0, 0.05) is 24.7 Å². The molecule has 0 atom stereocenters. The Labute approximate surface area is 171 Å². The van der Waals surface area contributed by atoms with Gasteiger partial charge in [-0.15, -0.1) is 10.2 Å². The number of carbonyl (C=O) groups is 1. The highest BCUT2D eigenvalue weighted by molar-refractivity contribution is 5.92. The number of para-hydroxylation sites is 1. The molecule has 0 radical (unpaired) electrons. The average Bonchev–Trinajstić information content (AvgIpc) is 2.76. The number of carbonyl (C=O) groups excluding carboxylic acids is 1. The zero-order valence-corrected chi connectivity index (χ0v) is 17.0. The van der Waals surface area contributed by atoms with E-state index < -0.39 is 0 Å². The Hall–Kier alpha value is -3.41. The number of nitrogens with one attached hydrogen (secondary N) is 1. The summed E-state index contributed by atoms with van der Waals surface area (Å²) >= 11 is 0. The van der Waals surface area contributed by atoms with Crippen LogP contribution >= 0.6 is 0 Å². The van der Waals surface area contributed by atoms with Crippen molar-refractivity contribution in [3.63, 3.8) is 0 Å². The van der Waals surface area contributed by atoms with Gasteiger partial charge in [0.25, 0.3) is 5.91 Å². The van der Waals surface area contributed by atoms with Gasteiger partial charge in [-0.2, -0.15) is 0 Å². The molecule has 29 heavy (non-hydrogen) atoms. The van der Waals surface area contributed by atoms with Crippen LogP contribution in [-0.4, -0.2) is 29.3 Å². The maximum absolute atomic E-state index is 12.5. The number of amides is 1. The van der Waals surface area contributed by atoms with Crippen LogP contribution in [0.5, 0.6) is 5.75 Å². The van der Waals surface area contributed by atoms with Gasteiger partial charge < -0.3 is 15.0 Å². The first-order valence-electron chi connectivity index (χ1n) is 9.63. The molecule has 0 spiro atoms. The highest BCUT2D eigenvalue weighted by atomic mass is 16.5. The third kappa shape index (κ3) is 5.31. The molecule has 0 saturated heterocycles. The highest BCUT2D eigenvalue weighted by Crippen LogP contribution is 2.18. The Bertz CT molecular complexity index is 927. The lowest BCUT2D eigenvalue weighted by molar-refractivity contribution is 0.0944. The number of nitrogens with zero attached hydrogens (tertiary/aromatic N) is 3. The summed E-state index contributed by atoms with van der Waals surface area (Å²) in [4.78, 5) is 14.6. The molecule has 0 bridgehead atoms. The summed E-state index contributed by atoms with van der Waals surface area (Å²) in [5, 5.41) is 11.3. The van der Waals surface area contributed by atoms with Crippen molar-refractivity contribution >= 4 is 11.7 Å². The van der Waals surface area contributed by atoms with Crippen LogP contribution < -0.4 is 15.0 Å². The van der Waals surface area contributed by atoms with E-state index in [0.717, 1.165) is 23.7 Å². The number of ether oxygens (including phenoxy) is 1. The van der Waals surface area contributed by atoms with Gasteiger partial charge in [0.05, 0.1) is 7.11 Å². The van der Waals surface area contributed by atoms with E-state index in [2.05, 4.69) is 46.4 Å². The molecular formula is C23H26N4O2. The second kappa shape index (κ2) is 9.68. The topological polar surface area (TPSA) is 67.3 Å². The molecule has 3 rings (SSSR count). The van der Waals surface area contributed by atoms with Gasteiger partial charge in [-0.25, -0.2) is 0 Å². The fourth-order valence-electron chi connectivity index (χ4n) is 3.02. The van der Waals surface area contributed by atoms with Gasteiger partial charge in [0.2, 0.25) is 0 Å². The van der Waals surface area contributed by atoms with Crippen LogP contribution in [0.25, 0.3) is 0 Å². The Kier molecular flexibility index (Phi) is 6.79. The second-order valence-electron chi connectivity index (χ2n) is 6.98. The summed E-state index contributed by atoms with van der Waals surface area (Å²) in [7, 11) is 1.61. The van der Waals surface area contributed by atoms with E-state index in [4.69, 9.17) is 4.74 Å². The number of benzene rings is 2. The van der Waals surface area contributed by atoms with Crippen molar-refractivity contribution < 1.29 is 9.53 Å². The predicted molar refractivity (Wildman–Crippen MR) is 114 cm³/mol. The zero-order chi connectivity index (χ0) is 20.6. The van der Waals surface area contributed by atoms with Gasteiger partial charge >= 0.3 is 0 Å². The van der Waals surface area contributed by atoms with Crippen LogP contribution in [0, 0.1) is 0 Å². The van der Waals surface area contributed by atoms with Gasteiger partial charge in [-0.05, 0) is 37.6 Å². The number of aromatic nitrogens is 2. The van der Waals surface area contributed by atoms with Crippen molar-refractivity contribution in [3.05, 3.63) is 83.6 Å². The highest BCUT2D eigenvalue weighted by Gasteiger charge is 2.15. The summed E-state index contributed by atoms with van der Waals surface area (Å²) in [6, 6.07) is 21.6. The third-order valence-electron chi connectivity index (χ3n) is 4.63. The predicted octanol–water partition coefficient (Wildman–Crippen LogP) is 3.83. The van der Waals surface area contributed by atoms with Gasteiger partial charge in [0.1, 0.15) is 5.75 Å². The number of rotatable bonds is 8. The minimum atomic E-state index is -0.269. The monoisotopic (exact) mass is 390 g/mol. The summed E-state index contributed by atoms with van der Waals surface area (Å²) in [6.07, 6.45) is 0. The lowest BCUT2D eigenvalue weighted by Gasteiger charge is -2.27. The lowest BCUT2D eigenvalue weighted by atomic mass is 10.2. The lowest BCUT2D eigenvalue weighted by Crippen LogP contribution is -2.31. The van der Waals surface area contributed by atoms with Crippen LogP contribution in [0.3, 0.4) is 0 Å². The van der Waals surface area contributed by atoms with Crippen molar-refractivity contribution in [2.24, 2.45) is 0 Å². The molecule has 150 valence electrons. The molecular weight excluding hydrogens is 364 g/mol. The van der Waals surface area contributed by atoms with Crippen LogP contribution in [0.1, 0.15) is 35.5 Å². The fourth-order valence-corrected chi connectivity index (χ4v) is 3.02.